The van der Waals surface area contributed by atoms with Gasteiger partial charge < -0.3 is 16.0 Å². The summed E-state index contributed by atoms with van der Waals surface area (Å²) >= 11 is 5.91. The molecule has 1 aliphatic heterocycles. The van der Waals surface area contributed by atoms with E-state index < -0.39 is 0 Å². The Labute approximate surface area is 150 Å². The van der Waals surface area contributed by atoms with Gasteiger partial charge in [0.15, 0.2) is 0 Å². The highest BCUT2D eigenvalue weighted by atomic mass is 35.5. The molecule has 3 N–H and O–H groups in total. The number of nitrogens with two attached hydrogens (primary N) is 1. The van der Waals surface area contributed by atoms with Gasteiger partial charge in [0.25, 0.3) is 0 Å². The summed E-state index contributed by atoms with van der Waals surface area (Å²) in [6, 6.07) is 7.78. The molecule has 0 bridgehead atoms. The second-order valence-electron chi connectivity index (χ2n) is 6.01. The lowest BCUT2D eigenvalue weighted by molar-refractivity contribution is -0.125. The molecule has 1 amide bonds. The van der Waals surface area contributed by atoms with Gasteiger partial charge in [-0.3, -0.25) is 4.79 Å². The summed E-state index contributed by atoms with van der Waals surface area (Å²) in [5.74, 6) is 0.507. The van der Waals surface area contributed by atoms with Crippen LogP contribution in [0.2, 0.25) is 5.15 Å². The Morgan fingerprint density at radius 1 is 1.28 bits per heavy atom. The summed E-state index contributed by atoms with van der Waals surface area (Å²) in [4.78, 5) is 22.4. The zero-order chi connectivity index (χ0) is 17.8. The highest BCUT2D eigenvalue weighted by molar-refractivity contribution is 6.29. The highest BCUT2D eigenvalue weighted by Crippen LogP contribution is 2.24. The maximum absolute atomic E-state index is 12.9. The van der Waals surface area contributed by atoms with Crippen LogP contribution in [0.5, 0.6) is 0 Å². The molecule has 0 spiro atoms. The number of rotatable bonds is 4. The van der Waals surface area contributed by atoms with Crippen LogP contribution in [0.3, 0.4) is 0 Å². The van der Waals surface area contributed by atoms with E-state index in [0.29, 0.717) is 30.6 Å². The molecule has 0 aliphatic carbocycles. The third-order valence-electron chi connectivity index (χ3n) is 4.27. The first kappa shape index (κ1) is 17.4. The second kappa shape index (κ2) is 7.65. The topological polar surface area (TPSA) is 84.1 Å². The van der Waals surface area contributed by atoms with E-state index in [1.54, 1.807) is 18.2 Å². The van der Waals surface area contributed by atoms with Crippen molar-refractivity contribution in [3.05, 3.63) is 46.9 Å². The van der Waals surface area contributed by atoms with Gasteiger partial charge in [0.1, 0.15) is 16.8 Å². The molecule has 1 saturated heterocycles. The Morgan fingerprint density at radius 2 is 1.96 bits per heavy atom. The van der Waals surface area contributed by atoms with Crippen LogP contribution in [0.4, 0.5) is 16.2 Å². The van der Waals surface area contributed by atoms with E-state index in [2.05, 4.69) is 15.3 Å². The smallest absolute Gasteiger partial charge is 0.223 e. The summed E-state index contributed by atoms with van der Waals surface area (Å²) in [6.45, 7) is 1.79. The third-order valence-corrected chi connectivity index (χ3v) is 4.46. The van der Waals surface area contributed by atoms with Gasteiger partial charge in [-0.1, -0.05) is 23.7 Å². The molecule has 1 fully saturated rings. The van der Waals surface area contributed by atoms with E-state index in [4.69, 9.17) is 17.3 Å². The number of benzene rings is 1. The minimum absolute atomic E-state index is 0.0178. The van der Waals surface area contributed by atoms with Crippen molar-refractivity contribution in [2.24, 2.45) is 5.92 Å². The molecule has 0 unspecified atom stereocenters. The number of carbonyl (C=O) groups excluding carboxylic acids is 1. The van der Waals surface area contributed by atoms with Crippen molar-refractivity contribution in [2.75, 3.05) is 23.7 Å². The quantitative estimate of drug-likeness (QED) is 0.815. The molecule has 1 aromatic heterocycles. The minimum Gasteiger partial charge on any atom is -0.368 e. The number of carbonyl (C=O) groups is 1. The number of amides is 1. The van der Waals surface area contributed by atoms with Crippen molar-refractivity contribution in [1.82, 2.24) is 15.3 Å². The zero-order valence-corrected chi connectivity index (χ0v) is 14.3. The lowest BCUT2D eigenvalue weighted by Gasteiger charge is -2.32. The number of hydrogen-bond acceptors (Lipinski definition) is 5. The van der Waals surface area contributed by atoms with Gasteiger partial charge in [-0.25, -0.2) is 9.37 Å². The van der Waals surface area contributed by atoms with Gasteiger partial charge in [0.05, 0.1) is 0 Å². The van der Waals surface area contributed by atoms with Crippen LogP contribution in [0.25, 0.3) is 0 Å². The van der Waals surface area contributed by atoms with Crippen LogP contribution in [0.1, 0.15) is 18.4 Å². The summed E-state index contributed by atoms with van der Waals surface area (Å²) in [7, 11) is 0. The number of nitrogen functional groups attached to an aromatic ring is 1. The molecule has 8 heteroatoms. The zero-order valence-electron chi connectivity index (χ0n) is 13.6. The van der Waals surface area contributed by atoms with E-state index in [9.17, 15) is 9.18 Å². The van der Waals surface area contributed by atoms with Crippen LogP contribution in [0.15, 0.2) is 30.3 Å². The number of anilines is 2. The Hall–Kier alpha value is -2.41. The number of hydrogen-bond donors (Lipinski definition) is 2. The first-order valence-corrected chi connectivity index (χ1v) is 8.46. The van der Waals surface area contributed by atoms with Crippen LogP contribution in [0, 0.1) is 11.7 Å². The number of nitrogens with zero attached hydrogens (tertiary/aromatic N) is 3. The fourth-order valence-corrected chi connectivity index (χ4v) is 3.08. The van der Waals surface area contributed by atoms with Crippen LogP contribution in [-0.4, -0.2) is 29.0 Å². The van der Waals surface area contributed by atoms with Crippen molar-refractivity contribution in [2.45, 2.75) is 19.4 Å². The van der Waals surface area contributed by atoms with E-state index in [-0.39, 0.29) is 23.6 Å². The fraction of sp³-hybridized carbons (Fsp3) is 0.353. The molecule has 132 valence electrons. The number of nitrogens with one attached hydrogen (secondary N) is 1. The lowest BCUT2D eigenvalue weighted by Crippen LogP contribution is -2.40. The van der Waals surface area contributed by atoms with Gasteiger partial charge in [-0.2, -0.15) is 4.98 Å². The highest BCUT2D eigenvalue weighted by Gasteiger charge is 2.25. The van der Waals surface area contributed by atoms with Gasteiger partial charge >= 0.3 is 0 Å². The Bertz CT molecular complexity index is 727. The summed E-state index contributed by atoms with van der Waals surface area (Å²) in [6.07, 6.45) is 1.44. The Morgan fingerprint density at radius 3 is 2.60 bits per heavy atom. The average molecular weight is 364 g/mol. The molecular formula is C17H19ClFN5O. The van der Waals surface area contributed by atoms with Crippen molar-refractivity contribution >= 4 is 29.3 Å². The third kappa shape index (κ3) is 4.57. The number of aromatic nitrogens is 2. The van der Waals surface area contributed by atoms with Gasteiger partial charge in [0.2, 0.25) is 11.9 Å². The predicted molar refractivity (Wildman–Crippen MR) is 94.6 cm³/mol. The maximum atomic E-state index is 12.9. The first-order valence-electron chi connectivity index (χ1n) is 8.08. The number of piperidine rings is 1. The van der Waals surface area contributed by atoms with Crippen LogP contribution >= 0.6 is 11.6 Å². The molecule has 0 radical (unpaired) electrons. The number of halogens is 2. The van der Waals surface area contributed by atoms with Crippen LogP contribution in [-0.2, 0) is 11.3 Å². The molecule has 2 heterocycles. The largest absolute Gasteiger partial charge is 0.368 e. The maximum Gasteiger partial charge on any atom is 0.223 e. The van der Waals surface area contributed by atoms with E-state index in [1.807, 2.05) is 4.90 Å². The molecule has 6 nitrogen and oxygen atoms in total. The minimum atomic E-state index is -0.284. The summed E-state index contributed by atoms with van der Waals surface area (Å²) in [5, 5.41) is 3.22. The van der Waals surface area contributed by atoms with Crippen molar-refractivity contribution in [3.63, 3.8) is 0 Å². The molecule has 25 heavy (non-hydrogen) atoms. The fourth-order valence-electron chi connectivity index (χ4n) is 2.89. The van der Waals surface area contributed by atoms with Crippen molar-refractivity contribution in [3.8, 4) is 0 Å². The van der Waals surface area contributed by atoms with Gasteiger partial charge in [0, 0.05) is 31.6 Å². The normalized spacial score (nSPS) is 15.2. The molecular weight excluding hydrogens is 345 g/mol. The predicted octanol–water partition coefficient (Wildman–Crippen LogP) is 2.38. The molecule has 1 aliphatic rings. The monoisotopic (exact) mass is 363 g/mol. The van der Waals surface area contributed by atoms with E-state index >= 15 is 0 Å². The lowest BCUT2D eigenvalue weighted by atomic mass is 9.96. The van der Waals surface area contributed by atoms with Crippen molar-refractivity contribution in [1.29, 1.82) is 0 Å². The summed E-state index contributed by atoms with van der Waals surface area (Å²) in [5.41, 5.74) is 6.50. The molecule has 0 saturated carbocycles. The Balaban J connectivity index is 1.51. The SMILES string of the molecule is Nc1nc(Cl)cc(N2CCC(C(=O)NCc3ccc(F)cc3)CC2)n1. The first-order chi connectivity index (χ1) is 12.0. The molecule has 2 aromatic rings. The van der Waals surface area contributed by atoms with Gasteiger partial charge in [-0.15, -0.1) is 0 Å². The second-order valence-corrected chi connectivity index (χ2v) is 6.40. The van der Waals surface area contributed by atoms with E-state index in [0.717, 1.165) is 18.4 Å². The standard InChI is InChI=1S/C17H19ClFN5O/c18-14-9-15(23-17(20)22-14)24-7-5-12(6-8-24)16(25)21-10-11-1-3-13(19)4-2-11/h1-4,9,12H,5-8,10H2,(H,21,25)(H2,20,22,23). The van der Waals surface area contributed by atoms with Crippen LogP contribution < -0.4 is 16.0 Å². The van der Waals surface area contributed by atoms with Crippen molar-refractivity contribution < 1.29 is 9.18 Å². The Kier molecular flexibility index (Phi) is 5.33. The summed E-state index contributed by atoms with van der Waals surface area (Å²) < 4.78 is 12.9. The average Bonchev–Trinajstić information content (AvgIpc) is 2.60. The molecule has 3 rings (SSSR count). The molecule has 1 aromatic carbocycles. The van der Waals surface area contributed by atoms with E-state index in [1.165, 1.54) is 12.1 Å². The van der Waals surface area contributed by atoms with Gasteiger partial charge in [-0.05, 0) is 30.5 Å². The molecule has 0 atom stereocenters.